The van der Waals surface area contributed by atoms with Crippen molar-refractivity contribution in [3.63, 3.8) is 0 Å². The van der Waals surface area contributed by atoms with E-state index >= 15 is 0 Å². The largest absolute Gasteiger partial charge is 0.355 e. The van der Waals surface area contributed by atoms with Gasteiger partial charge in [-0.25, -0.2) is 0 Å². The zero-order valence-electron chi connectivity index (χ0n) is 12.5. The van der Waals surface area contributed by atoms with Crippen LogP contribution >= 0.6 is 0 Å². The fourth-order valence-corrected chi connectivity index (χ4v) is 3.35. The van der Waals surface area contributed by atoms with Gasteiger partial charge in [-0.05, 0) is 31.6 Å². The van der Waals surface area contributed by atoms with Crippen molar-refractivity contribution >= 4 is 11.8 Å². The molecule has 1 N–H and O–H groups in total. The number of carbonyl (C=O) groups is 2. The van der Waals surface area contributed by atoms with E-state index in [0.29, 0.717) is 6.42 Å². The lowest BCUT2D eigenvalue weighted by atomic mass is 9.86. The Bertz CT molecular complexity index is 324. The average Bonchev–Trinajstić information content (AvgIpc) is 2.47. The van der Waals surface area contributed by atoms with E-state index in [1.54, 1.807) is 4.90 Å². The van der Waals surface area contributed by atoms with Crippen molar-refractivity contribution in [2.24, 2.45) is 5.92 Å². The first-order valence-corrected chi connectivity index (χ1v) is 8.30. The van der Waals surface area contributed by atoms with Gasteiger partial charge in [0.05, 0.1) is 6.54 Å². The molecule has 1 saturated carbocycles. The first-order chi connectivity index (χ1) is 9.75. The number of nitrogens with one attached hydrogen (secondary N) is 1. The third-order valence-electron chi connectivity index (χ3n) is 4.59. The first kappa shape index (κ1) is 15.3. The Morgan fingerprint density at radius 1 is 1.15 bits per heavy atom. The second kappa shape index (κ2) is 8.28. The molecule has 2 fully saturated rings. The Kier molecular flexibility index (Phi) is 6.34. The molecular weight excluding hydrogens is 252 g/mol. The molecule has 2 amide bonds. The molecule has 2 rings (SSSR count). The maximum absolute atomic E-state index is 11.8. The van der Waals surface area contributed by atoms with Gasteiger partial charge in [0.15, 0.2) is 0 Å². The summed E-state index contributed by atoms with van der Waals surface area (Å²) in [4.78, 5) is 25.1. The van der Waals surface area contributed by atoms with E-state index in [-0.39, 0.29) is 18.4 Å². The monoisotopic (exact) mass is 280 g/mol. The second-order valence-corrected chi connectivity index (χ2v) is 6.27. The third kappa shape index (κ3) is 5.14. The average molecular weight is 280 g/mol. The summed E-state index contributed by atoms with van der Waals surface area (Å²) in [6.07, 6.45) is 11.8. The molecule has 114 valence electrons. The summed E-state index contributed by atoms with van der Waals surface area (Å²) >= 11 is 0. The van der Waals surface area contributed by atoms with Gasteiger partial charge in [0.25, 0.3) is 0 Å². The minimum atomic E-state index is 0.00361. The molecular formula is C16H28N2O2. The number of piperidine rings is 1. The van der Waals surface area contributed by atoms with Crippen LogP contribution in [0.5, 0.6) is 0 Å². The standard InChI is InChI=1S/C16H28N2O2/c19-15(13-18-12-5-4-10-16(18)20)17-11-6-9-14-7-2-1-3-8-14/h14H,1-13H2,(H,17,19). The van der Waals surface area contributed by atoms with Gasteiger partial charge in [0, 0.05) is 19.5 Å². The van der Waals surface area contributed by atoms with Crippen LogP contribution in [0.2, 0.25) is 0 Å². The first-order valence-electron chi connectivity index (χ1n) is 8.30. The van der Waals surface area contributed by atoms with Crippen molar-refractivity contribution in [2.45, 2.75) is 64.2 Å². The number of likely N-dealkylation sites (tertiary alicyclic amines) is 1. The number of rotatable bonds is 6. The van der Waals surface area contributed by atoms with Gasteiger partial charge >= 0.3 is 0 Å². The molecule has 1 saturated heterocycles. The van der Waals surface area contributed by atoms with Gasteiger partial charge < -0.3 is 10.2 Å². The Balaban J connectivity index is 1.54. The molecule has 0 unspecified atom stereocenters. The highest BCUT2D eigenvalue weighted by molar-refractivity contribution is 5.85. The van der Waals surface area contributed by atoms with Gasteiger partial charge in [0.2, 0.25) is 11.8 Å². The second-order valence-electron chi connectivity index (χ2n) is 6.27. The molecule has 4 nitrogen and oxygen atoms in total. The van der Waals surface area contributed by atoms with E-state index < -0.39 is 0 Å². The highest BCUT2D eigenvalue weighted by atomic mass is 16.2. The molecule has 0 spiro atoms. The van der Waals surface area contributed by atoms with Crippen LogP contribution < -0.4 is 5.32 Å². The molecule has 4 heteroatoms. The summed E-state index contributed by atoms with van der Waals surface area (Å²) in [6.45, 7) is 1.76. The van der Waals surface area contributed by atoms with E-state index in [9.17, 15) is 9.59 Å². The summed E-state index contributed by atoms with van der Waals surface area (Å²) in [5.74, 6) is 1.02. The predicted octanol–water partition coefficient (Wildman–Crippen LogP) is 2.48. The zero-order chi connectivity index (χ0) is 14.2. The van der Waals surface area contributed by atoms with Crippen LogP contribution in [-0.2, 0) is 9.59 Å². The van der Waals surface area contributed by atoms with E-state index in [2.05, 4.69) is 5.32 Å². The number of nitrogens with zero attached hydrogens (tertiary/aromatic N) is 1. The SMILES string of the molecule is O=C(CN1CCCCC1=O)NCCCC1CCCCC1. The fraction of sp³-hybridized carbons (Fsp3) is 0.875. The summed E-state index contributed by atoms with van der Waals surface area (Å²) in [6, 6.07) is 0. The lowest BCUT2D eigenvalue weighted by Gasteiger charge is -2.26. The summed E-state index contributed by atoms with van der Waals surface area (Å²) in [5.41, 5.74) is 0. The van der Waals surface area contributed by atoms with Crippen LogP contribution in [0.3, 0.4) is 0 Å². The van der Waals surface area contributed by atoms with Crippen molar-refractivity contribution in [3.05, 3.63) is 0 Å². The van der Waals surface area contributed by atoms with Crippen molar-refractivity contribution in [2.75, 3.05) is 19.6 Å². The van der Waals surface area contributed by atoms with Crippen LogP contribution in [0.15, 0.2) is 0 Å². The molecule has 1 aliphatic heterocycles. The summed E-state index contributed by atoms with van der Waals surface area (Å²) in [7, 11) is 0. The van der Waals surface area contributed by atoms with Crippen LogP contribution in [-0.4, -0.2) is 36.3 Å². The van der Waals surface area contributed by atoms with Gasteiger partial charge in [-0.3, -0.25) is 9.59 Å². The molecule has 20 heavy (non-hydrogen) atoms. The molecule has 0 aromatic heterocycles. The smallest absolute Gasteiger partial charge is 0.239 e. The quantitative estimate of drug-likeness (QED) is 0.760. The topological polar surface area (TPSA) is 49.4 Å². The molecule has 0 aromatic carbocycles. The number of hydrogen-bond donors (Lipinski definition) is 1. The van der Waals surface area contributed by atoms with Crippen LogP contribution in [0, 0.1) is 5.92 Å². The molecule has 0 bridgehead atoms. The summed E-state index contributed by atoms with van der Waals surface area (Å²) in [5, 5.41) is 2.96. The minimum Gasteiger partial charge on any atom is -0.355 e. The molecule has 2 aliphatic rings. The number of amides is 2. The van der Waals surface area contributed by atoms with E-state index in [1.165, 1.54) is 38.5 Å². The molecule has 1 heterocycles. The van der Waals surface area contributed by atoms with Crippen molar-refractivity contribution < 1.29 is 9.59 Å². The lowest BCUT2D eigenvalue weighted by molar-refractivity contribution is -0.137. The Labute approximate surface area is 122 Å². The van der Waals surface area contributed by atoms with Gasteiger partial charge in [-0.15, -0.1) is 0 Å². The van der Waals surface area contributed by atoms with Gasteiger partial charge in [0.1, 0.15) is 0 Å². The molecule has 1 aliphatic carbocycles. The molecule has 0 aromatic rings. The van der Waals surface area contributed by atoms with Gasteiger partial charge in [-0.1, -0.05) is 32.1 Å². The third-order valence-corrected chi connectivity index (χ3v) is 4.59. The highest BCUT2D eigenvalue weighted by Gasteiger charge is 2.20. The minimum absolute atomic E-state index is 0.00361. The van der Waals surface area contributed by atoms with Crippen molar-refractivity contribution in [3.8, 4) is 0 Å². The number of carbonyl (C=O) groups excluding carboxylic acids is 2. The number of hydrogen-bond acceptors (Lipinski definition) is 2. The van der Waals surface area contributed by atoms with Crippen LogP contribution in [0.1, 0.15) is 64.2 Å². The van der Waals surface area contributed by atoms with Crippen LogP contribution in [0.4, 0.5) is 0 Å². The Morgan fingerprint density at radius 3 is 2.70 bits per heavy atom. The van der Waals surface area contributed by atoms with Crippen molar-refractivity contribution in [1.29, 1.82) is 0 Å². The Hall–Kier alpha value is -1.06. The van der Waals surface area contributed by atoms with Gasteiger partial charge in [-0.2, -0.15) is 0 Å². The predicted molar refractivity (Wildman–Crippen MR) is 79.2 cm³/mol. The van der Waals surface area contributed by atoms with E-state index in [1.807, 2.05) is 0 Å². The lowest BCUT2D eigenvalue weighted by Crippen LogP contribution is -2.43. The zero-order valence-corrected chi connectivity index (χ0v) is 12.5. The van der Waals surface area contributed by atoms with E-state index in [4.69, 9.17) is 0 Å². The molecule has 0 atom stereocenters. The molecule has 0 radical (unpaired) electrons. The van der Waals surface area contributed by atoms with E-state index in [0.717, 1.165) is 38.3 Å². The maximum atomic E-state index is 11.8. The highest BCUT2D eigenvalue weighted by Crippen LogP contribution is 2.26. The van der Waals surface area contributed by atoms with Crippen molar-refractivity contribution in [1.82, 2.24) is 10.2 Å². The summed E-state index contributed by atoms with van der Waals surface area (Å²) < 4.78 is 0. The normalized spacial score (nSPS) is 21.0. The fourth-order valence-electron chi connectivity index (χ4n) is 3.35. The van der Waals surface area contributed by atoms with Crippen LogP contribution in [0.25, 0.3) is 0 Å². The Morgan fingerprint density at radius 2 is 1.95 bits per heavy atom. The maximum Gasteiger partial charge on any atom is 0.239 e.